The van der Waals surface area contributed by atoms with Crippen LogP contribution in [0.15, 0.2) is 29.6 Å². The Kier molecular flexibility index (Phi) is 5.09. The molecule has 3 heterocycles. The smallest absolute Gasteiger partial charge is 0.245 e. The van der Waals surface area contributed by atoms with E-state index >= 15 is 0 Å². The lowest BCUT2D eigenvalue weighted by molar-refractivity contribution is 0.205. The van der Waals surface area contributed by atoms with Gasteiger partial charge in [0.15, 0.2) is 5.65 Å². The van der Waals surface area contributed by atoms with Gasteiger partial charge in [0.05, 0.1) is 12.9 Å². The van der Waals surface area contributed by atoms with E-state index in [2.05, 4.69) is 30.2 Å². The van der Waals surface area contributed by atoms with Crippen LogP contribution in [-0.4, -0.2) is 39.9 Å². The summed E-state index contributed by atoms with van der Waals surface area (Å²) in [6.45, 7) is 0.603. The van der Waals surface area contributed by atoms with Crippen molar-refractivity contribution in [1.82, 2.24) is 24.9 Å². The average Bonchev–Trinajstić information content (AvgIpc) is 3.15. The van der Waals surface area contributed by atoms with Gasteiger partial charge in [-0.25, -0.2) is 23.5 Å². The molecule has 28 heavy (non-hydrogen) atoms. The summed E-state index contributed by atoms with van der Waals surface area (Å²) in [4.78, 5) is 19.9. The Labute approximate surface area is 162 Å². The normalized spacial score (nSPS) is 15.6. The number of nitrogens with zero attached hydrogens (tertiary/aromatic N) is 4. The van der Waals surface area contributed by atoms with E-state index in [-0.39, 0.29) is 10.8 Å². The molecule has 4 N–H and O–H groups in total. The van der Waals surface area contributed by atoms with Gasteiger partial charge in [-0.05, 0) is 30.9 Å². The van der Waals surface area contributed by atoms with Crippen molar-refractivity contribution in [2.75, 3.05) is 11.9 Å². The van der Waals surface area contributed by atoms with Gasteiger partial charge in [0.25, 0.3) is 0 Å². The molecule has 0 aromatic carbocycles. The number of H-pyrrole nitrogens is 1. The summed E-state index contributed by atoms with van der Waals surface area (Å²) in [6, 6.07) is 2.85. The monoisotopic (exact) mass is 403 g/mol. The van der Waals surface area contributed by atoms with Crippen LogP contribution < -0.4 is 15.2 Å². The predicted octanol–water partition coefficient (Wildman–Crippen LogP) is 2.10. The molecule has 1 saturated carbocycles. The van der Waals surface area contributed by atoms with Crippen LogP contribution in [0.5, 0.6) is 5.88 Å². The summed E-state index contributed by atoms with van der Waals surface area (Å²) in [5.41, 5.74) is 1.11. The maximum atomic E-state index is 11.3. The fourth-order valence-corrected chi connectivity index (χ4v) is 3.71. The molecule has 10 nitrogen and oxygen atoms in total. The first kappa shape index (κ1) is 18.6. The van der Waals surface area contributed by atoms with Gasteiger partial charge in [-0.2, -0.15) is 9.97 Å². The molecule has 1 fully saturated rings. The van der Waals surface area contributed by atoms with Crippen LogP contribution in [0.3, 0.4) is 0 Å². The molecule has 1 aliphatic carbocycles. The first-order valence-electron chi connectivity index (χ1n) is 9.09. The van der Waals surface area contributed by atoms with Gasteiger partial charge < -0.3 is 15.0 Å². The number of hydrogen-bond acceptors (Lipinski definition) is 8. The van der Waals surface area contributed by atoms with Crippen molar-refractivity contribution >= 4 is 33.0 Å². The number of aromatic nitrogens is 5. The van der Waals surface area contributed by atoms with Gasteiger partial charge in [-0.3, -0.25) is 0 Å². The minimum Gasteiger partial charge on any atom is -0.476 e. The maximum absolute atomic E-state index is 11.3. The van der Waals surface area contributed by atoms with E-state index in [0.29, 0.717) is 35.4 Å². The fraction of sp³-hybridized carbons (Fsp3) is 0.412. The number of hydrogen-bond donors (Lipinski definition) is 3. The molecular weight excluding hydrogens is 382 g/mol. The van der Waals surface area contributed by atoms with Crippen LogP contribution in [-0.2, 0) is 10.0 Å². The molecule has 0 amide bonds. The molecule has 11 heteroatoms. The summed E-state index contributed by atoms with van der Waals surface area (Å²) in [6.07, 6.45) is 8.82. The van der Waals surface area contributed by atoms with E-state index < -0.39 is 10.0 Å². The molecule has 148 valence electrons. The van der Waals surface area contributed by atoms with Gasteiger partial charge in [0, 0.05) is 6.20 Å². The SMILES string of the molecule is NS(=O)(=O)c1ccc(Nc2nc(OCC3CCCCC3)c3[nH]cnc3n2)nc1. The van der Waals surface area contributed by atoms with Crippen LogP contribution in [0.4, 0.5) is 11.8 Å². The summed E-state index contributed by atoms with van der Waals surface area (Å²) in [5, 5.41) is 8.02. The van der Waals surface area contributed by atoms with Crippen molar-refractivity contribution in [1.29, 1.82) is 0 Å². The second-order valence-electron chi connectivity index (χ2n) is 6.82. The zero-order chi connectivity index (χ0) is 19.6. The Hall–Kier alpha value is -2.79. The summed E-state index contributed by atoms with van der Waals surface area (Å²) >= 11 is 0. The van der Waals surface area contributed by atoms with E-state index in [0.717, 1.165) is 0 Å². The highest BCUT2D eigenvalue weighted by Gasteiger charge is 2.17. The van der Waals surface area contributed by atoms with E-state index in [1.165, 1.54) is 56.8 Å². The molecule has 3 aromatic heterocycles. The molecule has 0 radical (unpaired) electrons. The quantitative estimate of drug-likeness (QED) is 0.566. The van der Waals surface area contributed by atoms with Gasteiger partial charge in [0.2, 0.25) is 21.9 Å². The third-order valence-corrected chi connectivity index (χ3v) is 5.64. The topological polar surface area (TPSA) is 149 Å². The predicted molar refractivity (Wildman–Crippen MR) is 103 cm³/mol. The van der Waals surface area contributed by atoms with Crippen molar-refractivity contribution < 1.29 is 13.2 Å². The highest BCUT2D eigenvalue weighted by Crippen LogP contribution is 2.27. The van der Waals surface area contributed by atoms with E-state index in [4.69, 9.17) is 9.88 Å². The maximum Gasteiger partial charge on any atom is 0.245 e. The van der Waals surface area contributed by atoms with Crippen LogP contribution in [0.1, 0.15) is 32.1 Å². The highest BCUT2D eigenvalue weighted by atomic mass is 32.2. The summed E-state index contributed by atoms with van der Waals surface area (Å²) in [7, 11) is -3.79. The Bertz CT molecular complexity index is 1060. The number of sulfonamides is 1. The lowest BCUT2D eigenvalue weighted by Gasteiger charge is -2.21. The summed E-state index contributed by atoms with van der Waals surface area (Å²) < 4.78 is 28.6. The number of rotatable bonds is 6. The number of imidazole rings is 1. The molecular formula is C17H21N7O3S. The first-order chi connectivity index (χ1) is 13.5. The number of pyridine rings is 1. The molecule has 0 bridgehead atoms. The Morgan fingerprint density at radius 2 is 2.00 bits per heavy atom. The number of anilines is 2. The number of nitrogens with one attached hydrogen (secondary N) is 2. The van der Waals surface area contributed by atoms with E-state index in [1.54, 1.807) is 0 Å². The van der Waals surface area contributed by atoms with Crippen molar-refractivity contribution in [2.24, 2.45) is 11.1 Å². The molecule has 1 aliphatic rings. The Morgan fingerprint density at radius 3 is 2.71 bits per heavy atom. The van der Waals surface area contributed by atoms with Crippen LogP contribution >= 0.6 is 0 Å². The highest BCUT2D eigenvalue weighted by molar-refractivity contribution is 7.89. The largest absolute Gasteiger partial charge is 0.476 e. The zero-order valence-electron chi connectivity index (χ0n) is 15.1. The second kappa shape index (κ2) is 7.68. The third-order valence-electron chi connectivity index (χ3n) is 4.74. The number of primary sulfonamides is 1. The van der Waals surface area contributed by atoms with Crippen LogP contribution in [0.2, 0.25) is 0 Å². The molecule has 0 spiro atoms. The van der Waals surface area contributed by atoms with E-state index in [1.807, 2.05) is 0 Å². The molecule has 3 aromatic rings. The number of fused-ring (bicyclic) bond motifs is 1. The summed E-state index contributed by atoms with van der Waals surface area (Å²) in [5.74, 6) is 1.59. The molecule has 0 saturated heterocycles. The zero-order valence-corrected chi connectivity index (χ0v) is 15.9. The lowest BCUT2D eigenvalue weighted by atomic mass is 9.90. The molecule has 4 rings (SSSR count). The fourth-order valence-electron chi connectivity index (χ4n) is 3.25. The van der Waals surface area contributed by atoms with Crippen molar-refractivity contribution in [2.45, 2.75) is 37.0 Å². The number of ether oxygens (including phenoxy) is 1. The van der Waals surface area contributed by atoms with Crippen LogP contribution in [0.25, 0.3) is 11.2 Å². The van der Waals surface area contributed by atoms with Gasteiger partial charge in [0.1, 0.15) is 16.2 Å². The Morgan fingerprint density at radius 1 is 1.18 bits per heavy atom. The average molecular weight is 403 g/mol. The van der Waals surface area contributed by atoms with Crippen molar-refractivity contribution in [3.05, 3.63) is 24.7 Å². The second-order valence-corrected chi connectivity index (χ2v) is 8.38. The van der Waals surface area contributed by atoms with Gasteiger partial charge in [-0.1, -0.05) is 19.3 Å². The van der Waals surface area contributed by atoms with Crippen molar-refractivity contribution in [3.63, 3.8) is 0 Å². The number of nitrogens with two attached hydrogens (primary N) is 1. The standard InChI is InChI=1S/C17H21N7O3S/c18-28(25,26)12-6-7-13(19-8-12)22-17-23-15-14(20-10-21-15)16(24-17)27-9-11-4-2-1-3-5-11/h6-8,10-11H,1-5,9H2,(H2,18,25,26)(H2,19,20,21,22,23,24). The van der Waals surface area contributed by atoms with Gasteiger partial charge >= 0.3 is 0 Å². The Balaban J connectivity index is 1.54. The molecule has 0 aliphatic heterocycles. The van der Waals surface area contributed by atoms with Crippen molar-refractivity contribution in [3.8, 4) is 5.88 Å². The minimum atomic E-state index is -3.79. The molecule has 0 atom stereocenters. The van der Waals surface area contributed by atoms with Gasteiger partial charge in [-0.15, -0.1) is 0 Å². The number of aromatic amines is 1. The first-order valence-corrected chi connectivity index (χ1v) is 10.6. The van der Waals surface area contributed by atoms with Crippen LogP contribution in [0, 0.1) is 5.92 Å². The van der Waals surface area contributed by atoms with E-state index in [9.17, 15) is 8.42 Å². The minimum absolute atomic E-state index is 0.0711. The third kappa shape index (κ3) is 4.20. The molecule has 0 unspecified atom stereocenters. The lowest BCUT2D eigenvalue weighted by Crippen LogP contribution is -2.16.